The van der Waals surface area contributed by atoms with Crippen molar-refractivity contribution in [2.45, 2.75) is 25.8 Å². The number of hydrogen-bond donors (Lipinski definition) is 2. The van der Waals surface area contributed by atoms with Crippen LogP contribution in [0.2, 0.25) is 0 Å². The summed E-state index contributed by atoms with van der Waals surface area (Å²) in [5.74, 6) is -0.0147. The van der Waals surface area contributed by atoms with E-state index in [4.69, 9.17) is 5.21 Å². The molecule has 1 aromatic carbocycles. The SMILES string of the molecule is Cc1ccc(C2NC(=O)CCC2=NO)cc1Br. The summed E-state index contributed by atoms with van der Waals surface area (Å²) in [6.45, 7) is 1.99. The maximum absolute atomic E-state index is 11.4. The van der Waals surface area contributed by atoms with Crippen molar-refractivity contribution in [1.82, 2.24) is 5.32 Å². The minimum Gasteiger partial charge on any atom is -0.411 e. The molecule has 5 heteroatoms. The molecule has 2 rings (SSSR count). The highest BCUT2D eigenvalue weighted by molar-refractivity contribution is 9.10. The number of benzene rings is 1. The Bertz CT molecular complexity index is 485. The number of nitrogens with one attached hydrogen (secondary N) is 1. The fourth-order valence-corrected chi connectivity index (χ4v) is 2.27. The highest BCUT2D eigenvalue weighted by Gasteiger charge is 2.26. The van der Waals surface area contributed by atoms with Crippen LogP contribution in [-0.4, -0.2) is 16.8 Å². The van der Waals surface area contributed by atoms with Gasteiger partial charge in [-0.3, -0.25) is 4.79 Å². The van der Waals surface area contributed by atoms with Gasteiger partial charge in [-0.1, -0.05) is 33.2 Å². The third kappa shape index (κ3) is 2.49. The van der Waals surface area contributed by atoms with Crippen molar-refractivity contribution in [1.29, 1.82) is 0 Å². The minimum atomic E-state index is -0.321. The van der Waals surface area contributed by atoms with Gasteiger partial charge in [-0.05, 0) is 24.1 Å². The van der Waals surface area contributed by atoms with Gasteiger partial charge < -0.3 is 10.5 Å². The van der Waals surface area contributed by atoms with Gasteiger partial charge >= 0.3 is 0 Å². The molecule has 1 atom stereocenters. The van der Waals surface area contributed by atoms with Crippen LogP contribution in [0.25, 0.3) is 0 Å². The zero-order valence-corrected chi connectivity index (χ0v) is 11.0. The maximum Gasteiger partial charge on any atom is 0.221 e. The van der Waals surface area contributed by atoms with E-state index in [-0.39, 0.29) is 11.9 Å². The number of oxime groups is 1. The average molecular weight is 297 g/mol. The molecule has 1 fully saturated rings. The third-order valence-corrected chi connectivity index (χ3v) is 3.76. The lowest BCUT2D eigenvalue weighted by molar-refractivity contribution is -0.121. The van der Waals surface area contributed by atoms with Crippen molar-refractivity contribution in [3.63, 3.8) is 0 Å². The van der Waals surface area contributed by atoms with Gasteiger partial charge in [0.2, 0.25) is 5.91 Å². The van der Waals surface area contributed by atoms with E-state index in [9.17, 15) is 4.79 Å². The zero-order chi connectivity index (χ0) is 12.4. The summed E-state index contributed by atoms with van der Waals surface area (Å²) >= 11 is 3.45. The fourth-order valence-electron chi connectivity index (χ4n) is 1.87. The second kappa shape index (κ2) is 4.87. The van der Waals surface area contributed by atoms with Crippen molar-refractivity contribution >= 4 is 27.5 Å². The van der Waals surface area contributed by atoms with Crippen LogP contribution in [0.4, 0.5) is 0 Å². The molecule has 0 aliphatic carbocycles. The Morgan fingerprint density at radius 1 is 1.47 bits per heavy atom. The molecule has 1 unspecified atom stereocenters. The lowest BCUT2D eigenvalue weighted by Gasteiger charge is -2.25. The quantitative estimate of drug-likeness (QED) is 0.618. The third-order valence-electron chi connectivity index (χ3n) is 2.90. The van der Waals surface area contributed by atoms with E-state index >= 15 is 0 Å². The highest BCUT2D eigenvalue weighted by Crippen LogP contribution is 2.26. The summed E-state index contributed by atoms with van der Waals surface area (Å²) in [5.41, 5.74) is 2.64. The maximum atomic E-state index is 11.4. The number of nitrogens with zero attached hydrogens (tertiary/aromatic N) is 1. The molecule has 1 aliphatic rings. The van der Waals surface area contributed by atoms with E-state index < -0.39 is 0 Å². The van der Waals surface area contributed by atoms with E-state index in [0.717, 1.165) is 15.6 Å². The number of carbonyl (C=O) groups is 1. The lowest BCUT2D eigenvalue weighted by atomic mass is 9.94. The summed E-state index contributed by atoms with van der Waals surface area (Å²) in [6, 6.07) is 5.52. The van der Waals surface area contributed by atoms with Crippen LogP contribution in [-0.2, 0) is 4.79 Å². The minimum absolute atomic E-state index is 0.0147. The van der Waals surface area contributed by atoms with Crippen molar-refractivity contribution < 1.29 is 10.0 Å². The molecule has 2 N–H and O–H groups in total. The van der Waals surface area contributed by atoms with Gasteiger partial charge in [0.05, 0.1) is 11.8 Å². The zero-order valence-electron chi connectivity index (χ0n) is 9.40. The topological polar surface area (TPSA) is 61.7 Å². The molecule has 0 saturated carbocycles. The first kappa shape index (κ1) is 12.1. The largest absolute Gasteiger partial charge is 0.411 e. The molecule has 0 radical (unpaired) electrons. The van der Waals surface area contributed by atoms with Gasteiger partial charge in [0.25, 0.3) is 0 Å². The van der Waals surface area contributed by atoms with Crippen LogP contribution in [0, 0.1) is 6.92 Å². The number of amides is 1. The average Bonchev–Trinajstić information content (AvgIpc) is 2.32. The fraction of sp³-hybridized carbons (Fsp3) is 0.333. The Morgan fingerprint density at radius 2 is 2.24 bits per heavy atom. The Hall–Kier alpha value is -1.36. The Kier molecular flexibility index (Phi) is 3.47. The summed E-state index contributed by atoms with van der Waals surface area (Å²) in [5, 5.41) is 15.1. The van der Waals surface area contributed by atoms with Gasteiger partial charge in [0.1, 0.15) is 0 Å². The molecule has 0 aromatic heterocycles. The summed E-state index contributed by atoms with van der Waals surface area (Å²) in [4.78, 5) is 11.4. The molecule has 0 spiro atoms. The highest BCUT2D eigenvalue weighted by atomic mass is 79.9. The van der Waals surface area contributed by atoms with Crippen LogP contribution in [0.15, 0.2) is 27.8 Å². The molecule has 1 aromatic rings. The summed E-state index contributed by atoms with van der Waals surface area (Å²) < 4.78 is 0.979. The number of rotatable bonds is 1. The second-order valence-corrected chi connectivity index (χ2v) is 4.95. The van der Waals surface area contributed by atoms with E-state index in [2.05, 4.69) is 26.4 Å². The van der Waals surface area contributed by atoms with Crippen molar-refractivity contribution in [3.8, 4) is 0 Å². The molecule has 1 aliphatic heterocycles. The molecule has 1 heterocycles. The number of halogens is 1. The van der Waals surface area contributed by atoms with E-state index in [1.807, 2.05) is 25.1 Å². The number of hydrogen-bond acceptors (Lipinski definition) is 3. The normalized spacial score (nSPS) is 22.6. The van der Waals surface area contributed by atoms with Crippen molar-refractivity contribution in [2.24, 2.45) is 5.16 Å². The Labute approximate surface area is 108 Å². The number of carbonyl (C=O) groups excluding carboxylic acids is 1. The first-order valence-electron chi connectivity index (χ1n) is 5.38. The molecule has 4 nitrogen and oxygen atoms in total. The monoisotopic (exact) mass is 296 g/mol. The number of piperidine rings is 1. The summed E-state index contributed by atoms with van der Waals surface area (Å²) in [7, 11) is 0. The van der Waals surface area contributed by atoms with Crippen molar-refractivity contribution in [3.05, 3.63) is 33.8 Å². The van der Waals surface area contributed by atoms with E-state index in [1.54, 1.807) is 0 Å². The van der Waals surface area contributed by atoms with Crippen LogP contribution in [0.3, 0.4) is 0 Å². The standard InChI is InChI=1S/C12H13BrN2O2/c1-7-2-3-8(6-9(7)13)12-10(15-17)4-5-11(16)14-12/h2-3,6,12,17H,4-5H2,1H3,(H,14,16). The van der Waals surface area contributed by atoms with E-state index in [1.165, 1.54) is 0 Å². The first-order valence-corrected chi connectivity index (χ1v) is 6.17. The summed E-state index contributed by atoms with van der Waals surface area (Å²) in [6.07, 6.45) is 0.876. The molecule has 17 heavy (non-hydrogen) atoms. The van der Waals surface area contributed by atoms with Crippen LogP contribution < -0.4 is 5.32 Å². The predicted molar refractivity (Wildman–Crippen MR) is 68.2 cm³/mol. The number of aryl methyl sites for hydroxylation is 1. The molecular weight excluding hydrogens is 284 g/mol. The van der Waals surface area contributed by atoms with Crippen LogP contribution in [0.5, 0.6) is 0 Å². The van der Waals surface area contributed by atoms with E-state index in [0.29, 0.717) is 18.6 Å². The van der Waals surface area contributed by atoms with Crippen molar-refractivity contribution in [2.75, 3.05) is 0 Å². The smallest absolute Gasteiger partial charge is 0.221 e. The molecule has 1 amide bonds. The molecule has 90 valence electrons. The predicted octanol–water partition coefficient (Wildman–Crippen LogP) is 2.54. The molecule has 1 saturated heterocycles. The lowest BCUT2D eigenvalue weighted by Crippen LogP contribution is -2.38. The van der Waals surface area contributed by atoms with Gasteiger partial charge in [-0.15, -0.1) is 0 Å². The van der Waals surface area contributed by atoms with Crippen LogP contribution in [0.1, 0.15) is 30.0 Å². The Balaban J connectivity index is 2.35. The Morgan fingerprint density at radius 3 is 2.88 bits per heavy atom. The molecule has 0 bridgehead atoms. The molecular formula is C12H13BrN2O2. The van der Waals surface area contributed by atoms with Gasteiger partial charge in [0, 0.05) is 17.3 Å². The van der Waals surface area contributed by atoms with Crippen LogP contribution >= 0.6 is 15.9 Å². The van der Waals surface area contributed by atoms with Gasteiger partial charge in [-0.2, -0.15) is 0 Å². The first-order chi connectivity index (χ1) is 8.11. The van der Waals surface area contributed by atoms with Gasteiger partial charge in [-0.25, -0.2) is 0 Å². The van der Waals surface area contributed by atoms with Gasteiger partial charge in [0.15, 0.2) is 0 Å². The second-order valence-electron chi connectivity index (χ2n) is 4.10.